The summed E-state index contributed by atoms with van der Waals surface area (Å²) in [6, 6.07) is 4.61. The fourth-order valence-corrected chi connectivity index (χ4v) is 3.11. The van der Waals surface area contributed by atoms with E-state index in [9.17, 15) is 9.18 Å². The molecule has 19 heavy (non-hydrogen) atoms. The Kier molecular flexibility index (Phi) is 4.97. The standard InChI is InChI=1S/C15H19BrFNO/c1-2-4-11-7-9-18(10-8-11)15(19)12-5-3-6-13(17)14(12)16/h3,5-6,11H,2,4,7-10H2,1H3. The number of carbonyl (C=O) groups is 1. The van der Waals surface area contributed by atoms with Crippen molar-refractivity contribution in [3.63, 3.8) is 0 Å². The monoisotopic (exact) mass is 327 g/mol. The van der Waals surface area contributed by atoms with Gasteiger partial charge in [0.15, 0.2) is 0 Å². The van der Waals surface area contributed by atoms with E-state index in [2.05, 4.69) is 22.9 Å². The van der Waals surface area contributed by atoms with E-state index >= 15 is 0 Å². The van der Waals surface area contributed by atoms with Crippen LogP contribution in [0.15, 0.2) is 22.7 Å². The molecule has 0 spiro atoms. The highest BCUT2D eigenvalue weighted by Crippen LogP contribution is 2.26. The van der Waals surface area contributed by atoms with Crippen LogP contribution in [0.4, 0.5) is 4.39 Å². The van der Waals surface area contributed by atoms with Gasteiger partial charge in [0.05, 0.1) is 10.0 Å². The predicted octanol–water partition coefficient (Wildman–Crippen LogP) is 4.24. The summed E-state index contributed by atoms with van der Waals surface area (Å²) in [6.45, 7) is 3.76. The van der Waals surface area contributed by atoms with Crippen molar-refractivity contribution >= 4 is 21.8 Å². The zero-order chi connectivity index (χ0) is 13.8. The van der Waals surface area contributed by atoms with Crippen molar-refractivity contribution in [2.24, 2.45) is 5.92 Å². The summed E-state index contributed by atoms with van der Waals surface area (Å²) in [5.74, 6) is 0.290. The maximum absolute atomic E-state index is 13.5. The topological polar surface area (TPSA) is 20.3 Å². The molecule has 1 fully saturated rings. The van der Waals surface area contributed by atoms with E-state index in [0.29, 0.717) is 5.56 Å². The highest BCUT2D eigenvalue weighted by molar-refractivity contribution is 9.10. The van der Waals surface area contributed by atoms with Gasteiger partial charge in [-0.15, -0.1) is 0 Å². The number of halogens is 2. The van der Waals surface area contributed by atoms with E-state index in [1.165, 1.54) is 18.9 Å². The summed E-state index contributed by atoms with van der Waals surface area (Å²) < 4.78 is 13.7. The molecule has 1 aliphatic rings. The van der Waals surface area contributed by atoms with Crippen molar-refractivity contribution in [3.8, 4) is 0 Å². The molecule has 0 N–H and O–H groups in total. The molecule has 0 unspecified atom stereocenters. The average molecular weight is 328 g/mol. The Bertz CT molecular complexity index is 455. The van der Waals surface area contributed by atoms with Gasteiger partial charge in [-0.2, -0.15) is 0 Å². The van der Waals surface area contributed by atoms with Crippen molar-refractivity contribution in [1.82, 2.24) is 4.90 Å². The molecule has 1 amide bonds. The quantitative estimate of drug-likeness (QED) is 0.813. The van der Waals surface area contributed by atoms with Gasteiger partial charge in [-0.25, -0.2) is 4.39 Å². The van der Waals surface area contributed by atoms with Gasteiger partial charge in [-0.05, 0) is 46.8 Å². The number of amides is 1. The van der Waals surface area contributed by atoms with Crippen molar-refractivity contribution in [2.75, 3.05) is 13.1 Å². The maximum Gasteiger partial charge on any atom is 0.255 e. The minimum Gasteiger partial charge on any atom is -0.339 e. The molecule has 1 aliphatic heterocycles. The number of hydrogen-bond donors (Lipinski definition) is 0. The molecule has 0 radical (unpaired) electrons. The first-order valence-corrected chi connectivity index (χ1v) is 7.66. The van der Waals surface area contributed by atoms with Crippen LogP contribution in [0.5, 0.6) is 0 Å². The Hall–Kier alpha value is -0.900. The van der Waals surface area contributed by atoms with Crippen molar-refractivity contribution in [1.29, 1.82) is 0 Å². The first-order chi connectivity index (χ1) is 9.13. The molecule has 0 saturated carbocycles. The molecule has 1 aromatic rings. The van der Waals surface area contributed by atoms with Gasteiger partial charge in [0.25, 0.3) is 5.91 Å². The van der Waals surface area contributed by atoms with Crippen molar-refractivity contribution < 1.29 is 9.18 Å². The second-order valence-corrected chi connectivity index (χ2v) is 5.92. The van der Waals surface area contributed by atoms with Gasteiger partial charge in [-0.3, -0.25) is 4.79 Å². The molecule has 0 atom stereocenters. The van der Waals surface area contributed by atoms with Gasteiger partial charge >= 0.3 is 0 Å². The van der Waals surface area contributed by atoms with E-state index in [0.717, 1.165) is 31.8 Å². The normalized spacial score (nSPS) is 16.7. The fraction of sp³-hybridized carbons (Fsp3) is 0.533. The number of likely N-dealkylation sites (tertiary alicyclic amines) is 1. The third kappa shape index (κ3) is 3.35. The largest absolute Gasteiger partial charge is 0.339 e. The average Bonchev–Trinajstić information content (AvgIpc) is 2.42. The molecular formula is C15H19BrFNO. The van der Waals surface area contributed by atoms with Crippen LogP contribution in [0.3, 0.4) is 0 Å². The van der Waals surface area contributed by atoms with Gasteiger partial charge < -0.3 is 4.90 Å². The minimum absolute atomic E-state index is 0.0682. The van der Waals surface area contributed by atoms with Crippen LogP contribution in [0, 0.1) is 11.7 Å². The Labute approximate surface area is 122 Å². The lowest BCUT2D eigenvalue weighted by Crippen LogP contribution is -2.38. The summed E-state index contributed by atoms with van der Waals surface area (Å²) >= 11 is 3.16. The summed E-state index contributed by atoms with van der Waals surface area (Å²) in [6.07, 6.45) is 4.57. The third-order valence-corrected chi connectivity index (χ3v) is 4.59. The lowest BCUT2D eigenvalue weighted by atomic mass is 9.92. The first kappa shape index (κ1) is 14.5. The van der Waals surface area contributed by atoms with Crippen LogP contribution in [-0.4, -0.2) is 23.9 Å². The predicted molar refractivity (Wildman–Crippen MR) is 77.6 cm³/mol. The zero-order valence-corrected chi connectivity index (χ0v) is 12.7. The Morgan fingerprint density at radius 2 is 2.11 bits per heavy atom. The van der Waals surface area contributed by atoms with Crippen LogP contribution < -0.4 is 0 Å². The van der Waals surface area contributed by atoms with Crippen LogP contribution in [0.25, 0.3) is 0 Å². The highest BCUT2D eigenvalue weighted by atomic mass is 79.9. The number of nitrogens with zero attached hydrogens (tertiary/aromatic N) is 1. The van der Waals surface area contributed by atoms with Gasteiger partial charge in [-0.1, -0.05) is 25.8 Å². The Morgan fingerprint density at radius 3 is 2.74 bits per heavy atom. The fourth-order valence-electron chi connectivity index (χ4n) is 2.67. The number of rotatable bonds is 3. The lowest BCUT2D eigenvalue weighted by Gasteiger charge is -2.32. The van der Waals surface area contributed by atoms with E-state index in [4.69, 9.17) is 0 Å². The zero-order valence-electron chi connectivity index (χ0n) is 11.2. The first-order valence-electron chi connectivity index (χ1n) is 6.86. The van der Waals surface area contributed by atoms with Crippen LogP contribution in [-0.2, 0) is 0 Å². The molecule has 0 aliphatic carbocycles. The highest BCUT2D eigenvalue weighted by Gasteiger charge is 2.24. The van der Waals surface area contributed by atoms with Gasteiger partial charge in [0.2, 0.25) is 0 Å². The number of benzene rings is 1. The van der Waals surface area contributed by atoms with Gasteiger partial charge in [0.1, 0.15) is 5.82 Å². The van der Waals surface area contributed by atoms with E-state index in [1.807, 2.05) is 4.90 Å². The summed E-state index contributed by atoms with van der Waals surface area (Å²) in [5, 5.41) is 0. The van der Waals surface area contributed by atoms with Crippen LogP contribution in [0.1, 0.15) is 43.0 Å². The van der Waals surface area contributed by atoms with Crippen molar-refractivity contribution in [2.45, 2.75) is 32.6 Å². The smallest absolute Gasteiger partial charge is 0.255 e. The number of piperidine rings is 1. The second-order valence-electron chi connectivity index (χ2n) is 5.13. The molecule has 4 heteroatoms. The molecular weight excluding hydrogens is 309 g/mol. The van der Waals surface area contributed by atoms with Crippen LogP contribution >= 0.6 is 15.9 Å². The van der Waals surface area contributed by atoms with E-state index < -0.39 is 0 Å². The molecule has 1 saturated heterocycles. The molecule has 2 nitrogen and oxygen atoms in total. The third-order valence-electron chi connectivity index (χ3n) is 3.78. The Morgan fingerprint density at radius 1 is 1.42 bits per heavy atom. The van der Waals surface area contributed by atoms with Gasteiger partial charge in [0, 0.05) is 13.1 Å². The molecule has 1 aromatic carbocycles. The number of carbonyl (C=O) groups excluding carboxylic acids is 1. The molecule has 0 bridgehead atoms. The van der Waals surface area contributed by atoms with Crippen molar-refractivity contribution in [3.05, 3.63) is 34.1 Å². The van der Waals surface area contributed by atoms with Crippen LogP contribution in [0.2, 0.25) is 0 Å². The molecule has 2 rings (SSSR count). The molecule has 0 aromatic heterocycles. The Balaban J connectivity index is 2.03. The second kappa shape index (κ2) is 6.51. The maximum atomic E-state index is 13.5. The minimum atomic E-state index is -0.383. The summed E-state index contributed by atoms with van der Waals surface area (Å²) in [7, 11) is 0. The van der Waals surface area contributed by atoms with E-state index in [-0.39, 0.29) is 16.2 Å². The lowest BCUT2D eigenvalue weighted by molar-refractivity contribution is 0.0685. The SMILES string of the molecule is CCCC1CCN(C(=O)c2cccc(F)c2Br)CC1. The number of hydrogen-bond acceptors (Lipinski definition) is 1. The van der Waals surface area contributed by atoms with E-state index in [1.54, 1.807) is 12.1 Å². The summed E-state index contributed by atoms with van der Waals surface area (Å²) in [5.41, 5.74) is 0.425. The summed E-state index contributed by atoms with van der Waals surface area (Å²) in [4.78, 5) is 14.2. The molecule has 104 valence electrons. The molecule has 1 heterocycles.